The molecule has 0 aliphatic rings. The average Bonchev–Trinajstić information content (AvgIpc) is 3.01. The summed E-state index contributed by atoms with van der Waals surface area (Å²) in [6, 6.07) is 17.4. The van der Waals surface area contributed by atoms with Gasteiger partial charge in [-0.2, -0.15) is 0 Å². The van der Waals surface area contributed by atoms with Crippen LogP contribution in [0.2, 0.25) is 0 Å². The highest BCUT2D eigenvalue weighted by Gasteiger charge is 2.20. The molecule has 0 saturated carbocycles. The van der Waals surface area contributed by atoms with Gasteiger partial charge in [0.2, 0.25) is 11.1 Å². The number of rotatable bonds is 6. The molecular formula is C18H18BrN5OS. The van der Waals surface area contributed by atoms with Crippen LogP contribution in [0.5, 0.6) is 0 Å². The molecule has 0 fully saturated rings. The van der Waals surface area contributed by atoms with Gasteiger partial charge in [0.25, 0.3) is 0 Å². The Kier molecular flexibility index (Phi) is 5.95. The van der Waals surface area contributed by atoms with Crippen LogP contribution in [0.1, 0.15) is 12.5 Å². The van der Waals surface area contributed by atoms with Gasteiger partial charge in [-0.25, -0.2) is 4.68 Å². The predicted molar refractivity (Wildman–Crippen MR) is 107 cm³/mol. The lowest BCUT2D eigenvalue weighted by Gasteiger charge is -2.11. The number of amides is 1. The zero-order valence-corrected chi connectivity index (χ0v) is 16.5. The second kappa shape index (κ2) is 8.37. The number of carbonyl (C=O) groups excluding carboxylic acids is 1. The van der Waals surface area contributed by atoms with E-state index in [0.29, 0.717) is 17.5 Å². The zero-order valence-electron chi connectivity index (χ0n) is 14.1. The largest absolute Gasteiger partial charge is 0.351 e. The SMILES string of the molecule is CC(Sc1nnc(-c2ccccc2Br)n1N)C(=O)NCc1ccccc1. The number of benzene rings is 2. The summed E-state index contributed by atoms with van der Waals surface area (Å²) in [5.41, 5.74) is 1.90. The van der Waals surface area contributed by atoms with Crippen LogP contribution in [0.4, 0.5) is 0 Å². The van der Waals surface area contributed by atoms with Crippen LogP contribution in [0.3, 0.4) is 0 Å². The second-order valence-electron chi connectivity index (χ2n) is 5.62. The fourth-order valence-electron chi connectivity index (χ4n) is 2.32. The zero-order chi connectivity index (χ0) is 18.5. The van der Waals surface area contributed by atoms with E-state index >= 15 is 0 Å². The molecular weight excluding hydrogens is 414 g/mol. The normalized spacial score (nSPS) is 11.9. The Labute approximate surface area is 164 Å². The van der Waals surface area contributed by atoms with E-state index in [4.69, 9.17) is 5.84 Å². The van der Waals surface area contributed by atoms with Crippen molar-refractivity contribution in [2.24, 2.45) is 0 Å². The number of thioether (sulfide) groups is 1. The summed E-state index contributed by atoms with van der Waals surface area (Å²) in [7, 11) is 0. The first-order chi connectivity index (χ1) is 12.6. The van der Waals surface area contributed by atoms with Crippen LogP contribution < -0.4 is 11.2 Å². The quantitative estimate of drug-likeness (QED) is 0.462. The van der Waals surface area contributed by atoms with E-state index < -0.39 is 0 Å². The molecule has 1 atom stereocenters. The van der Waals surface area contributed by atoms with E-state index in [1.165, 1.54) is 16.4 Å². The Hall–Kier alpha value is -2.32. The second-order valence-corrected chi connectivity index (χ2v) is 7.78. The molecule has 2 aromatic carbocycles. The predicted octanol–water partition coefficient (Wildman–Crippen LogP) is 3.22. The Morgan fingerprint density at radius 2 is 1.88 bits per heavy atom. The molecule has 0 radical (unpaired) electrons. The molecule has 1 amide bonds. The van der Waals surface area contributed by atoms with Crippen LogP contribution in [0.25, 0.3) is 11.4 Å². The number of nitrogens with two attached hydrogens (primary N) is 1. The minimum atomic E-state index is -0.350. The van der Waals surface area contributed by atoms with Crippen molar-refractivity contribution in [3.63, 3.8) is 0 Å². The van der Waals surface area contributed by atoms with Gasteiger partial charge in [0, 0.05) is 16.6 Å². The topological polar surface area (TPSA) is 85.8 Å². The third-order valence-corrected chi connectivity index (χ3v) is 5.49. The molecule has 3 N–H and O–H groups in total. The third kappa shape index (κ3) is 4.25. The van der Waals surface area contributed by atoms with Crippen LogP contribution in [-0.2, 0) is 11.3 Å². The van der Waals surface area contributed by atoms with Crippen molar-refractivity contribution in [2.75, 3.05) is 5.84 Å². The summed E-state index contributed by atoms with van der Waals surface area (Å²) in [5.74, 6) is 6.60. The van der Waals surface area contributed by atoms with Crippen LogP contribution >= 0.6 is 27.7 Å². The Balaban J connectivity index is 1.65. The van der Waals surface area contributed by atoms with Gasteiger partial charge in [0.1, 0.15) is 0 Å². The van der Waals surface area contributed by atoms with Gasteiger partial charge in [-0.15, -0.1) is 10.2 Å². The van der Waals surface area contributed by atoms with E-state index in [1.807, 2.05) is 61.5 Å². The molecule has 6 nitrogen and oxygen atoms in total. The number of halogens is 1. The number of hydrogen-bond acceptors (Lipinski definition) is 5. The lowest BCUT2D eigenvalue weighted by Crippen LogP contribution is -2.30. The Bertz CT molecular complexity index is 900. The van der Waals surface area contributed by atoms with Gasteiger partial charge in [0.15, 0.2) is 5.82 Å². The molecule has 3 rings (SSSR count). The van der Waals surface area contributed by atoms with Crippen LogP contribution in [0.15, 0.2) is 64.2 Å². The van der Waals surface area contributed by atoms with Crippen molar-refractivity contribution in [1.82, 2.24) is 20.2 Å². The number of nitrogens with zero attached hydrogens (tertiary/aromatic N) is 3. The first-order valence-corrected chi connectivity index (χ1v) is 9.67. The van der Waals surface area contributed by atoms with Crippen molar-refractivity contribution in [1.29, 1.82) is 0 Å². The first-order valence-electron chi connectivity index (χ1n) is 8.00. The molecule has 0 bridgehead atoms. The molecule has 1 heterocycles. The maximum Gasteiger partial charge on any atom is 0.233 e. The summed E-state index contributed by atoms with van der Waals surface area (Å²) < 4.78 is 2.29. The molecule has 0 aliphatic carbocycles. The van der Waals surface area contributed by atoms with E-state index in [1.54, 1.807) is 0 Å². The van der Waals surface area contributed by atoms with Crippen molar-refractivity contribution >= 4 is 33.6 Å². The molecule has 0 spiro atoms. The minimum absolute atomic E-state index is 0.0794. The standard InChI is InChI=1S/C18H18BrN5OS/c1-12(17(25)21-11-13-7-3-2-4-8-13)26-18-23-22-16(24(18)20)14-9-5-6-10-15(14)19/h2-10,12H,11,20H2,1H3,(H,21,25). The first kappa shape index (κ1) is 18.5. The molecule has 0 saturated heterocycles. The summed E-state index contributed by atoms with van der Waals surface area (Å²) in [5, 5.41) is 11.3. The lowest BCUT2D eigenvalue weighted by molar-refractivity contribution is -0.120. The molecule has 1 aromatic heterocycles. The molecule has 3 aromatic rings. The minimum Gasteiger partial charge on any atom is -0.351 e. The van der Waals surface area contributed by atoms with E-state index in [9.17, 15) is 4.79 Å². The van der Waals surface area contributed by atoms with Crippen molar-refractivity contribution in [2.45, 2.75) is 23.9 Å². The average molecular weight is 432 g/mol. The Morgan fingerprint density at radius 3 is 2.62 bits per heavy atom. The van der Waals surface area contributed by atoms with Crippen molar-refractivity contribution in [3.05, 3.63) is 64.6 Å². The van der Waals surface area contributed by atoms with Crippen LogP contribution in [0, 0.1) is 0 Å². The number of aromatic nitrogens is 3. The highest BCUT2D eigenvalue weighted by Crippen LogP contribution is 2.29. The smallest absolute Gasteiger partial charge is 0.233 e. The fourth-order valence-corrected chi connectivity index (χ4v) is 3.58. The monoisotopic (exact) mass is 431 g/mol. The fraction of sp³-hybridized carbons (Fsp3) is 0.167. The van der Waals surface area contributed by atoms with E-state index in [2.05, 4.69) is 31.4 Å². The molecule has 0 aliphatic heterocycles. The molecule has 26 heavy (non-hydrogen) atoms. The third-order valence-electron chi connectivity index (χ3n) is 3.74. The van der Waals surface area contributed by atoms with Gasteiger partial charge in [-0.1, -0.05) is 70.2 Å². The maximum absolute atomic E-state index is 12.3. The van der Waals surface area contributed by atoms with Gasteiger partial charge < -0.3 is 11.2 Å². The number of carbonyl (C=O) groups is 1. The highest BCUT2D eigenvalue weighted by molar-refractivity contribution is 9.10. The van der Waals surface area contributed by atoms with Crippen molar-refractivity contribution < 1.29 is 4.79 Å². The van der Waals surface area contributed by atoms with Gasteiger partial charge in [-0.05, 0) is 24.6 Å². The number of hydrogen-bond donors (Lipinski definition) is 2. The van der Waals surface area contributed by atoms with E-state index in [0.717, 1.165) is 15.6 Å². The van der Waals surface area contributed by atoms with Gasteiger partial charge in [0.05, 0.1) is 5.25 Å². The summed E-state index contributed by atoms with van der Waals surface area (Å²) in [6.45, 7) is 2.31. The lowest BCUT2D eigenvalue weighted by atomic mass is 10.2. The Morgan fingerprint density at radius 1 is 1.19 bits per heavy atom. The molecule has 134 valence electrons. The number of nitrogen functional groups attached to an aromatic ring is 1. The summed E-state index contributed by atoms with van der Waals surface area (Å²) in [4.78, 5) is 12.3. The van der Waals surface area contributed by atoms with Gasteiger partial charge in [-0.3, -0.25) is 4.79 Å². The highest BCUT2D eigenvalue weighted by atomic mass is 79.9. The van der Waals surface area contributed by atoms with E-state index in [-0.39, 0.29) is 11.2 Å². The maximum atomic E-state index is 12.3. The van der Waals surface area contributed by atoms with Gasteiger partial charge >= 0.3 is 0 Å². The number of nitrogens with one attached hydrogen (secondary N) is 1. The molecule has 8 heteroatoms. The summed E-state index contributed by atoms with van der Waals surface area (Å²) >= 11 is 4.76. The van der Waals surface area contributed by atoms with Crippen molar-refractivity contribution in [3.8, 4) is 11.4 Å². The molecule has 1 unspecified atom stereocenters. The summed E-state index contributed by atoms with van der Waals surface area (Å²) in [6.07, 6.45) is 0. The van der Waals surface area contributed by atoms with Crippen LogP contribution in [-0.4, -0.2) is 26.0 Å².